The summed E-state index contributed by atoms with van der Waals surface area (Å²) in [6, 6.07) is 0.545. The van der Waals surface area contributed by atoms with Gasteiger partial charge in [-0.1, -0.05) is 19.3 Å². The van der Waals surface area contributed by atoms with Crippen molar-refractivity contribution in [3.8, 4) is 0 Å². The first-order valence-corrected chi connectivity index (χ1v) is 11.1. The molecule has 0 bridgehead atoms. The van der Waals surface area contributed by atoms with Crippen molar-refractivity contribution < 1.29 is 14.3 Å². The number of rotatable bonds is 6. The summed E-state index contributed by atoms with van der Waals surface area (Å²) >= 11 is 0. The van der Waals surface area contributed by atoms with Crippen molar-refractivity contribution in [1.29, 1.82) is 0 Å². The molecule has 29 heavy (non-hydrogen) atoms. The molecule has 3 fully saturated rings. The fourth-order valence-corrected chi connectivity index (χ4v) is 5.42. The smallest absolute Gasteiger partial charge is 0.274 e. The molecular formula is C22H34N4O3. The highest BCUT2D eigenvalue weighted by molar-refractivity contribution is 5.92. The number of carbonyl (C=O) groups is 1. The zero-order valence-electron chi connectivity index (χ0n) is 17.8. The van der Waals surface area contributed by atoms with Crippen molar-refractivity contribution in [2.24, 2.45) is 0 Å². The highest BCUT2D eigenvalue weighted by Crippen LogP contribution is 2.47. The van der Waals surface area contributed by atoms with E-state index in [-0.39, 0.29) is 11.4 Å². The van der Waals surface area contributed by atoms with E-state index >= 15 is 0 Å². The highest BCUT2D eigenvalue weighted by atomic mass is 16.5. The van der Waals surface area contributed by atoms with Gasteiger partial charge in [-0.2, -0.15) is 0 Å². The molecular weight excluding hydrogens is 368 g/mol. The normalized spacial score (nSPS) is 25.2. The summed E-state index contributed by atoms with van der Waals surface area (Å²) in [4.78, 5) is 25.9. The molecule has 0 aromatic carbocycles. The molecule has 3 aliphatic rings. The first-order chi connectivity index (χ1) is 14.1. The van der Waals surface area contributed by atoms with Crippen LogP contribution in [-0.4, -0.2) is 83.3 Å². The lowest BCUT2D eigenvalue weighted by Gasteiger charge is -2.63. The van der Waals surface area contributed by atoms with Crippen LogP contribution < -0.4 is 0 Å². The number of piperidine rings is 1. The summed E-state index contributed by atoms with van der Waals surface area (Å²) in [5.74, 6) is 0.00714. The summed E-state index contributed by atoms with van der Waals surface area (Å²) in [5.41, 5.74) is 1.50. The van der Waals surface area contributed by atoms with Crippen LogP contribution in [0.4, 0.5) is 0 Å². The van der Waals surface area contributed by atoms with Crippen LogP contribution in [0.15, 0.2) is 12.4 Å². The third-order valence-corrected chi connectivity index (χ3v) is 7.05. The van der Waals surface area contributed by atoms with Gasteiger partial charge in [0.2, 0.25) is 0 Å². The molecule has 4 rings (SSSR count). The highest BCUT2D eigenvalue weighted by Gasteiger charge is 2.56. The second kappa shape index (κ2) is 9.06. The van der Waals surface area contributed by atoms with E-state index < -0.39 is 0 Å². The molecule has 7 heteroatoms. The molecule has 2 saturated heterocycles. The zero-order valence-corrected chi connectivity index (χ0v) is 17.8. The Morgan fingerprint density at radius 1 is 1.14 bits per heavy atom. The van der Waals surface area contributed by atoms with Gasteiger partial charge in [0.1, 0.15) is 5.69 Å². The number of methoxy groups -OCH3 is 1. The molecule has 1 saturated carbocycles. The lowest BCUT2D eigenvalue weighted by molar-refractivity contribution is -0.203. The Morgan fingerprint density at radius 3 is 2.55 bits per heavy atom. The SMILES string of the molecule is COCCOC1CN(C2CCN(C(=O)c3cnc(C)cn3)CC2)C12CCCCC2. The number of amides is 1. The molecule has 1 aromatic rings. The summed E-state index contributed by atoms with van der Waals surface area (Å²) < 4.78 is 11.4. The second-order valence-electron chi connectivity index (χ2n) is 8.74. The number of ether oxygens (including phenoxy) is 2. The fourth-order valence-electron chi connectivity index (χ4n) is 5.42. The van der Waals surface area contributed by atoms with Gasteiger partial charge < -0.3 is 14.4 Å². The fraction of sp³-hybridized carbons (Fsp3) is 0.773. The maximum Gasteiger partial charge on any atom is 0.274 e. The standard InChI is InChI=1S/C22H34N4O3/c1-17-14-24-19(15-23-17)21(27)25-10-6-18(7-11-25)26-16-20(29-13-12-28-2)22(26)8-4-3-5-9-22/h14-15,18,20H,3-13,16H2,1-2H3. The van der Waals surface area contributed by atoms with Crippen LogP contribution in [0.3, 0.4) is 0 Å². The lowest BCUT2D eigenvalue weighted by atomic mass is 9.69. The Kier molecular flexibility index (Phi) is 6.47. The van der Waals surface area contributed by atoms with E-state index in [1.165, 1.54) is 32.1 Å². The van der Waals surface area contributed by atoms with Gasteiger partial charge in [-0.3, -0.25) is 14.7 Å². The van der Waals surface area contributed by atoms with Crippen LogP contribution >= 0.6 is 0 Å². The number of hydrogen-bond acceptors (Lipinski definition) is 6. The maximum absolute atomic E-state index is 12.7. The third-order valence-electron chi connectivity index (χ3n) is 7.05. The molecule has 1 unspecified atom stereocenters. The van der Waals surface area contributed by atoms with E-state index in [1.807, 2.05) is 11.8 Å². The van der Waals surface area contributed by atoms with Crippen LogP contribution in [0.1, 0.15) is 61.1 Å². The summed E-state index contributed by atoms with van der Waals surface area (Å²) in [7, 11) is 1.73. The average molecular weight is 403 g/mol. The number of carbonyl (C=O) groups excluding carboxylic acids is 1. The lowest BCUT2D eigenvalue weighted by Crippen LogP contribution is -2.75. The molecule has 1 aliphatic carbocycles. The van der Waals surface area contributed by atoms with Gasteiger partial charge in [-0.25, -0.2) is 4.98 Å². The van der Waals surface area contributed by atoms with Gasteiger partial charge in [0, 0.05) is 44.5 Å². The topological polar surface area (TPSA) is 67.8 Å². The van der Waals surface area contributed by atoms with Gasteiger partial charge in [-0.05, 0) is 32.6 Å². The van der Waals surface area contributed by atoms with Crippen LogP contribution in [0.2, 0.25) is 0 Å². The Morgan fingerprint density at radius 2 is 1.90 bits per heavy atom. The Labute approximate surface area is 173 Å². The molecule has 7 nitrogen and oxygen atoms in total. The predicted octanol–water partition coefficient (Wildman–Crippen LogP) is 2.44. The molecule has 1 spiro atoms. The first-order valence-electron chi connectivity index (χ1n) is 11.1. The van der Waals surface area contributed by atoms with Gasteiger partial charge in [0.15, 0.2) is 0 Å². The first kappa shape index (κ1) is 20.7. The number of nitrogens with zero attached hydrogens (tertiary/aromatic N) is 4. The Bertz CT molecular complexity index is 682. The molecule has 1 aromatic heterocycles. The minimum absolute atomic E-state index is 0.00714. The molecule has 160 valence electrons. The molecule has 0 N–H and O–H groups in total. The minimum Gasteiger partial charge on any atom is -0.382 e. The van der Waals surface area contributed by atoms with Crippen molar-refractivity contribution in [1.82, 2.24) is 19.8 Å². The van der Waals surface area contributed by atoms with Crippen molar-refractivity contribution in [3.63, 3.8) is 0 Å². The third kappa shape index (κ3) is 4.18. The number of aryl methyl sites for hydroxylation is 1. The molecule has 1 amide bonds. The van der Waals surface area contributed by atoms with Crippen molar-refractivity contribution in [2.75, 3.05) is 40.0 Å². The number of aromatic nitrogens is 2. The van der Waals surface area contributed by atoms with Gasteiger partial charge >= 0.3 is 0 Å². The van der Waals surface area contributed by atoms with E-state index in [2.05, 4.69) is 14.9 Å². The van der Waals surface area contributed by atoms with Crippen LogP contribution in [0.5, 0.6) is 0 Å². The van der Waals surface area contributed by atoms with Gasteiger partial charge in [-0.15, -0.1) is 0 Å². The van der Waals surface area contributed by atoms with Crippen LogP contribution in [0, 0.1) is 6.92 Å². The zero-order chi connectivity index (χ0) is 20.3. The van der Waals surface area contributed by atoms with Crippen LogP contribution in [0.25, 0.3) is 0 Å². The van der Waals surface area contributed by atoms with Crippen molar-refractivity contribution >= 4 is 5.91 Å². The predicted molar refractivity (Wildman–Crippen MR) is 110 cm³/mol. The summed E-state index contributed by atoms with van der Waals surface area (Å²) in [6.45, 7) is 5.83. The van der Waals surface area contributed by atoms with E-state index in [4.69, 9.17) is 9.47 Å². The van der Waals surface area contributed by atoms with Gasteiger partial charge in [0.25, 0.3) is 5.91 Å². The molecule has 3 heterocycles. The monoisotopic (exact) mass is 402 g/mol. The largest absolute Gasteiger partial charge is 0.382 e. The average Bonchev–Trinajstić information content (AvgIpc) is 2.76. The molecule has 1 atom stereocenters. The van der Waals surface area contributed by atoms with E-state index in [1.54, 1.807) is 19.5 Å². The Hall–Kier alpha value is -1.57. The molecule has 0 radical (unpaired) electrons. The van der Waals surface area contributed by atoms with E-state index in [0.717, 1.165) is 38.2 Å². The number of hydrogen-bond donors (Lipinski definition) is 0. The van der Waals surface area contributed by atoms with Crippen molar-refractivity contribution in [2.45, 2.75) is 69.6 Å². The summed E-state index contributed by atoms with van der Waals surface area (Å²) in [5, 5.41) is 0. The maximum atomic E-state index is 12.7. The summed E-state index contributed by atoms with van der Waals surface area (Å²) in [6.07, 6.45) is 12.1. The Balaban J connectivity index is 1.35. The number of likely N-dealkylation sites (tertiary alicyclic amines) is 2. The van der Waals surface area contributed by atoms with E-state index in [9.17, 15) is 4.79 Å². The quantitative estimate of drug-likeness (QED) is 0.681. The van der Waals surface area contributed by atoms with Crippen LogP contribution in [-0.2, 0) is 9.47 Å². The van der Waals surface area contributed by atoms with Crippen molar-refractivity contribution in [3.05, 3.63) is 23.8 Å². The van der Waals surface area contributed by atoms with E-state index in [0.29, 0.717) is 31.1 Å². The minimum atomic E-state index is 0.00714. The van der Waals surface area contributed by atoms with Gasteiger partial charge in [0.05, 0.1) is 31.2 Å². The molecule has 2 aliphatic heterocycles. The second-order valence-corrected chi connectivity index (χ2v) is 8.74.